The summed E-state index contributed by atoms with van der Waals surface area (Å²) in [6.07, 6.45) is 7.34. The van der Waals surface area contributed by atoms with Gasteiger partial charge in [0.15, 0.2) is 0 Å². The topological polar surface area (TPSA) is 78.9 Å². The van der Waals surface area contributed by atoms with Crippen LogP contribution < -0.4 is 16.2 Å². The molecule has 0 spiro atoms. The predicted octanol–water partition coefficient (Wildman–Crippen LogP) is 1.53. The van der Waals surface area contributed by atoms with Crippen molar-refractivity contribution < 1.29 is 4.79 Å². The van der Waals surface area contributed by atoms with Gasteiger partial charge in [0, 0.05) is 41.7 Å². The first kappa shape index (κ1) is 14.1. The van der Waals surface area contributed by atoms with Crippen molar-refractivity contribution in [3.05, 3.63) is 58.6 Å². The van der Waals surface area contributed by atoms with Gasteiger partial charge in [0.05, 0.1) is 11.7 Å². The summed E-state index contributed by atoms with van der Waals surface area (Å²) in [5, 5.41) is 2.93. The van der Waals surface area contributed by atoms with E-state index in [1.807, 2.05) is 12.1 Å². The molecule has 2 atom stereocenters. The molecule has 108 valence electrons. The number of hydrogen-bond acceptors (Lipinski definition) is 5. The number of hydrazine groups is 1. The van der Waals surface area contributed by atoms with E-state index in [9.17, 15) is 4.79 Å². The molecule has 2 unspecified atom stereocenters. The summed E-state index contributed by atoms with van der Waals surface area (Å²) in [6.45, 7) is 0. The number of nitrogens with one attached hydrogen (secondary N) is 3. The summed E-state index contributed by atoms with van der Waals surface area (Å²) in [5.41, 5.74) is 7.92. The van der Waals surface area contributed by atoms with Crippen LogP contribution >= 0.6 is 15.9 Å². The van der Waals surface area contributed by atoms with Gasteiger partial charge in [-0.2, -0.15) is 0 Å². The maximum Gasteiger partial charge on any atom is 0.254 e. The second-order valence-electron chi connectivity index (χ2n) is 4.78. The smallest absolute Gasteiger partial charge is 0.254 e. The van der Waals surface area contributed by atoms with E-state index in [0.29, 0.717) is 5.56 Å². The Bertz CT molecular complexity index is 636. The lowest BCUT2D eigenvalue weighted by molar-refractivity contribution is 0.0932. The molecule has 0 bridgehead atoms. The van der Waals surface area contributed by atoms with Crippen molar-refractivity contribution in [1.82, 2.24) is 26.1 Å². The third-order valence-electron chi connectivity index (χ3n) is 3.28. The molecule has 1 saturated heterocycles. The van der Waals surface area contributed by atoms with Crippen LogP contribution in [0, 0.1) is 0 Å². The molecule has 0 aromatic carbocycles. The average Bonchev–Trinajstić information content (AvgIpc) is 2.97. The second kappa shape index (κ2) is 6.30. The number of carbonyl (C=O) groups is 1. The Labute approximate surface area is 130 Å². The highest BCUT2D eigenvalue weighted by atomic mass is 79.9. The predicted molar refractivity (Wildman–Crippen MR) is 81.1 cm³/mol. The first-order valence-corrected chi connectivity index (χ1v) is 7.34. The van der Waals surface area contributed by atoms with E-state index in [1.54, 1.807) is 30.9 Å². The number of rotatable bonds is 3. The number of carbonyl (C=O) groups excluding carboxylic acids is 1. The Morgan fingerprint density at radius 1 is 1.24 bits per heavy atom. The molecule has 1 fully saturated rings. The fraction of sp³-hybridized carbons (Fsp3) is 0.214. The van der Waals surface area contributed by atoms with Crippen molar-refractivity contribution >= 4 is 21.8 Å². The van der Waals surface area contributed by atoms with Crippen LogP contribution in [0.2, 0.25) is 0 Å². The summed E-state index contributed by atoms with van der Waals surface area (Å²) in [5.74, 6) is -0.154. The van der Waals surface area contributed by atoms with E-state index in [1.165, 1.54) is 0 Å². The van der Waals surface area contributed by atoms with Gasteiger partial charge >= 0.3 is 0 Å². The number of halogens is 1. The number of pyridine rings is 2. The van der Waals surface area contributed by atoms with Gasteiger partial charge in [0.2, 0.25) is 0 Å². The van der Waals surface area contributed by atoms with Gasteiger partial charge in [-0.25, -0.2) is 10.9 Å². The largest absolute Gasteiger partial charge is 0.335 e. The van der Waals surface area contributed by atoms with Crippen LogP contribution in [0.15, 0.2) is 47.5 Å². The third kappa shape index (κ3) is 3.44. The highest BCUT2D eigenvalue weighted by molar-refractivity contribution is 9.10. The van der Waals surface area contributed by atoms with Crippen molar-refractivity contribution in [3.8, 4) is 0 Å². The van der Waals surface area contributed by atoms with Gasteiger partial charge in [-0.15, -0.1) is 0 Å². The van der Waals surface area contributed by atoms with Crippen LogP contribution in [-0.2, 0) is 0 Å². The Morgan fingerprint density at radius 2 is 2.05 bits per heavy atom. The third-order valence-corrected chi connectivity index (χ3v) is 3.72. The van der Waals surface area contributed by atoms with Gasteiger partial charge in [-0.05, 0) is 39.7 Å². The maximum atomic E-state index is 12.1. The lowest BCUT2D eigenvalue weighted by atomic mass is 10.1. The van der Waals surface area contributed by atoms with Gasteiger partial charge in [-0.3, -0.25) is 14.8 Å². The van der Waals surface area contributed by atoms with Crippen molar-refractivity contribution in [2.75, 3.05) is 0 Å². The highest BCUT2D eigenvalue weighted by Gasteiger charge is 2.26. The molecule has 0 aliphatic carbocycles. The zero-order valence-electron chi connectivity index (χ0n) is 11.1. The molecule has 3 rings (SSSR count). The van der Waals surface area contributed by atoms with Crippen molar-refractivity contribution in [3.63, 3.8) is 0 Å². The van der Waals surface area contributed by atoms with Crippen LogP contribution in [0.3, 0.4) is 0 Å². The molecule has 2 aromatic heterocycles. The zero-order valence-corrected chi connectivity index (χ0v) is 12.7. The quantitative estimate of drug-likeness (QED) is 0.784. The van der Waals surface area contributed by atoms with Crippen LogP contribution in [0.5, 0.6) is 0 Å². The molecule has 6 nitrogen and oxygen atoms in total. The minimum Gasteiger partial charge on any atom is -0.335 e. The summed E-state index contributed by atoms with van der Waals surface area (Å²) >= 11 is 3.31. The fourth-order valence-corrected chi connectivity index (χ4v) is 2.61. The summed E-state index contributed by atoms with van der Waals surface area (Å²) < 4.78 is 0.780. The Hall–Kier alpha value is -1.83. The number of amides is 1. The lowest BCUT2D eigenvalue weighted by Gasteiger charge is -2.12. The lowest BCUT2D eigenvalue weighted by Crippen LogP contribution is -2.44. The number of aromatic nitrogens is 2. The SMILES string of the molecule is O=C(NC1CC(c2ccncc2)NN1)c1cncc(Br)c1. The van der Waals surface area contributed by atoms with Crippen LogP contribution in [0.4, 0.5) is 0 Å². The zero-order chi connectivity index (χ0) is 14.7. The van der Waals surface area contributed by atoms with Crippen LogP contribution in [0.25, 0.3) is 0 Å². The Balaban J connectivity index is 1.61. The normalized spacial score (nSPS) is 21.2. The van der Waals surface area contributed by atoms with Gasteiger partial charge in [0.25, 0.3) is 5.91 Å². The molecule has 1 amide bonds. The standard InChI is InChI=1S/C14H14BrN5O/c15-11-5-10(7-17-8-11)14(21)18-13-6-12(19-20-13)9-1-3-16-4-2-9/h1-5,7-8,12-13,19-20H,6H2,(H,18,21). The highest BCUT2D eigenvalue weighted by Crippen LogP contribution is 2.20. The Morgan fingerprint density at radius 3 is 2.81 bits per heavy atom. The Kier molecular flexibility index (Phi) is 4.23. The molecular formula is C14H14BrN5O. The van der Waals surface area contributed by atoms with Crippen LogP contribution in [0.1, 0.15) is 28.4 Å². The van der Waals surface area contributed by atoms with Gasteiger partial charge < -0.3 is 5.32 Å². The summed E-state index contributed by atoms with van der Waals surface area (Å²) in [7, 11) is 0. The summed E-state index contributed by atoms with van der Waals surface area (Å²) in [6, 6.07) is 5.81. The van der Waals surface area contributed by atoms with Crippen molar-refractivity contribution in [1.29, 1.82) is 0 Å². The van der Waals surface area contributed by atoms with E-state index < -0.39 is 0 Å². The minimum atomic E-state index is -0.154. The molecule has 0 radical (unpaired) electrons. The maximum absolute atomic E-state index is 12.1. The molecule has 3 N–H and O–H groups in total. The molecule has 1 aliphatic rings. The van der Waals surface area contributed by atoms with Gasteiger partial charge in [0.1, 0.15) is 0 Å². The van der Waals surface area contributed by atoms with E-state index in [2.05, 4.69) is 42.1 Å². The molecule has 1 aliphatic heterocycles. The second-order valence-corrected chi connectivity index (χ2v) is 5.69. The molecule has 3 heterocycles. The fourth-order valence-electron chi connectivity index (χ4n) is 2.24. The van der Waals surface area contributed by atoms with Gasteiger partial charge in [-0.1, -0.05) is 0 Å². The van der Waals surface area contributed by atoms with E-state index in [0.717, 1.165) is 16.5 Å². The van der Waals surface area contributed by atoms with Crippen molar-refractivity contribution in [2.45, 2.75) is 18.6 Å². The van der Waals surface area contributed by atoms with E-state index >= 15 is 0 Å². The molecular weight excluding hydrogens is 334 g/mol. The van der Waals surface area contributed by atoms with Crippen molar-refractivity contribution in [2.24, 2.45) is 0 Å². The first-order chi connectivity index (χ1) is 10.2. The van der Waals surface area contributed by atoms with E-state index in [-0.39, 0.29) is 18.1 Å². The molecule has 7 heteroatoms. The molecule has 0 saturated carbocycles. The number of hydrogen-bond donors (Lipinski definition) is 3. The number of nitrogens with zero attached hydrogens (tertiary/aromatic N) is 2. The van der Waals surface area contributed by atoms with Crippen LogP contribution in [-0.4, -0.2) is 22.0 Å². The average molecular weight is 348 g/mol. The van der Waals surface area contributed by atoms with E-state index in [4.69, 9.17) is 0 Å². The minimum absolute atomic E-state index is 0.130. The molecule has 2 aromatic rings. The monoisotopic (exact) mass is 347 g/mol. The first-order valence-electron chi connectivity index (χ1n) is 6.55. The molecule has 21 heavy (non-hydrogen) atoms. The summed E-state index contributed by atoms with van der Waals surface area (Å²) in [4.78, 5) is 20.1.